The highest BCUT2D eigenvalue weighted by molar-refractivity contribution is 5.81. The Morgan fingerprint density at radius 1 is 1.10 bits per heavy atom. The Morgan fingerprint density at radius 3 is 3.00 bits per heavy atom. The Bertz CT molecular complexity index is 600. The van der Waals surface area contributed by atoms with E-state index in [1.807, 2.05) is 6.20 Å². The molecule has 3 N–H and O–H groups in total. The maximum Gasteiger partial charge on any atom is 0.0651 e. The van der Waals surface area contributed by atoms with Crippen molar-refractivity contribution in [1.29, 1.82) is 0 Å². The molecule has 0 spiro atoms. The topological polar surface area (TPSA) is 52.7 Å². The van der Waals surface area contributed by atoms with E-state index < -0.39 is 0 Å². The van der Waals surface area contributed by atoms with Gasteiger partial charge in [0, 0.05) is 23.2 Å². The molecule has 1 aliphatic carbocycles. The molecule has 2 aliphatic rings. The zero-order chi connectivity index (χ0) is 14.1. The molecular formula is C17H24N4. The molecule has 2 fully saturated rings. The number of piperidine rings is 1. The highest BCUT2D eigenvalue weighted by Gasteiger charge is 2.34. The third-order valence-electron chi connectivity index (χ3n) is 5.23. The summed E-state index contributed by atoms with van der Waals surface area (Å²) in [6.45, 7) is 1.20. The number of nitrogens with zero attached hydrogens (tertiary/aromatic N) is 1. The van der Waals surface area contributed by atoms with Crippen molar-refractivity contribution in [1.82, 2.24) is 15.5 Å². The van der Waals surface area contributed by atoms with E-state index >= 15 is 0 Å². The first-order chi connectivity index (χ1) is 10.4. The fourth-order valence-electron chi connectivity index (χ4n) is 4.14. The van der Waals surface area contributed by atoms with E-state index in [4.69, 9.17) is 0 Å². The summed E-state index contributed by atoms with van der Waals surface area (Å²) in [6.07, 6.45) is 10.0. The van der Waals surface area contributed by atoms with Crippen LogP contribution in [0.25, 0.3) is 10.9 Å². The van der Waals surface area contributed by atoms with Gasteiger partial charge in [-0.1, -0.05) is 12.8 Å². The molecule has 1 saturated heterocycles. The molecule has 4 rings (SSSR count). The van der Waals surface area contributed by atoms with E-state index in [1.165, 1.54) is 56.1 Å². The number of H-pyrrole nitrogens is 1. The van der Waals surface area contributed by atoms with Gasteiger partial charge in [-0.05, 0) is 56.3 Å². The van der Waals surface area contributed by atoms with Crippen molar-refractivity contribution in [2.24, 2.45) is 5.92 Å². The van der Waals surface area contributed by atoms with E-state index in [0.717, 1.165) is 17.5 Å². The van der Waals surface area contributed by atoms with Gasteiger partial charge in [-0.25, -0.2) is 0 Å². The molecule has 0 bridgehead atoms. The molecule has 0 amide bonds. The smallest absolute Gasteiger partial charge is 0.0651 e. The summed E-state index contributed by atoms with van der Waals surface area (Å²) in [4.78, 5) is 0. The average molecular weight is 284 g/mol. The lowest BCUT2D eigenvalue weighted by molar-refractivity contribution is 0.286. The SMILES string of the molecule is c1cc2[nH]ncc2cc1NC1CCCC1C1CCCCN1. The van der Waals surface area contributed by atoms with Crippen LogP contribution < -0.4 is 10.6 Å². The first-order valence-corrected chi connectivity index (χ1v) is 8.33. The van der Waals surface area contributed by atoms with Gasteiger partial charge in [-0.15, -0.1) is 0 Å². The summed E-state index contributed by atoms with van der Waals surface area (Å²) in [5, 5.41) is 15.8. The van der Waals surface area contributed by atoms with Crippen LogP contribution in [0.2, 0.25) is 0 Å². The molecule has 2 aromatic rings. The van der Waals surface area contributed by atoms with E-state index in [2.05, 4.69) is 39.0 Å². The molecular weight excluding hydrogens is 260 g/mol. The number of aromatic amines is 1. The quantitative estimate of drug-likeness (QED) is 0.810. The number of aromatic nitrogens is 2. The molecule has 1 aromatic heterocycles. The van der Waals surface area contributed by atoms with Gasteiger partial charge in [0.2, 0.25) is 0 Å². The monoisotopic (exact) mass is 284 g/mol. The Kier molecular flexibility index (Phi) is 3.55. The molecule has 4 heteroatoms. The molecule has 1 aliphatic heterocycles. The fraction of sp³-hybridized carbons (Fsp3) is 0.588. The summed E-state index contributed by atoms with van der Waals surface area (Å²) in [5.41, 5.74) is 2.34. The molecule has 1 saturated carbocycles. The summed E-state index contributed by atoms with van der Waals surface area (Å²) >= 11 is 0. The molecule has 2 heterocycles. The minimum atomic E-state index is 0.616. The van der Waals surface area contributed by atoms with Crippen LogP contribution in [-0.4, -0.2) is 28.8 Å². The Labute approximate surface area is 125 Å². The standard InChI is InChI=1S/C17H24N4/c1-2-9-18-16(5-1)14-4-3-6-17(14)20-13-7-8-15-12(10-13)11-19-21-15/h7-8,10-11,14,16-18,20H,1-6,9H2,(H,19,21). The lowest BCUT2D eigenvalue weighted by Gasteiger charge is -2.33. The minimum Gasteiger partial charge on any atom is -0.382 e. The average Bonchev–Trinajstić information content (AvgIpc) is 3.16. The lowest BCUT2D eigenvalue weighted by Crippen LogP contribution is -2.44. The van der Waals surface area contributed by atoms with Gasteiger partial charge in [-0.2, -0.15) is 5.10 Å². The van der Waals surface area contributed by atoms with Crippen molar-refractivity contribution in [2.45, 2.75) is 50.6 Å². The summed E-state index contributed by atoms with van der Waals surface area (Å²) in [7, 11) is 0. The number of rotatable bonds is 3. The molecule has 3 unspecified atom stereocenters. The van der Waals surface area contributed by atoms with Crippen molar-refractivity contribution >= 4 is 16.6 Å². The van der Waals surface area contributed by atoms with Gasteiger partial charge in [0.15, 0.2) is 0 Å². The fourth-order valence-corrected chi connectivity index (χ4v) is 4.14. The van der Waals surface area contributed by atoms with Gasteiger partial charge in [0.1, 0.15) is 0 Å². The number of hydrogen-bond acceptors (Lipinski definition) is 3. The van der Waals surface area contributed by atoms with Crippen molar-refractivity contribution in [3.05, 3.63) is 24.4 Å². The molecule has 112 valence electrons. The number of benzene rings is 1. The Balaban J connectivity index is 1.49. The van der Waals surface area contributed by atoms with Gasteiger partial charge in [0.25, 0.3) is 0 Å². The van der Waals surface area contributed by atoms with Crippen molar-refractivity contribution in [3.63, 3.8) is 0 Å². The van der Waals surface area contributed by atoms with Crippen LogP contribution in [0.3, 0.4) is 0 Å². The Morgan fingerprint density at radius 2 is 2.10 bits per heavy atom. The predicted octanol–water partition coefficient (Wildman–Crippen LogP) is 3.29. The van der Waals surface area contributed by atoms with E-state index in [9.17, 15) is 0 Å². The molecule has 21 heavy (non-hydrogen) atoms. The van der Waals surface area contributed by atoms with Crippen LogP contribution in [0.5, 0.6) is 0 Å². The predicted molar refractivity (Wildman–Crippen MR) is 86.5 cm³/mol. The van der Waals surface area contributed by atoms with Gasteiger partial charge in [0.05, 0.1) is 11.7 Å². The maximum absolute atomic E-state index is 4.10. The van der Waals surface area contributed by atoms with Crippen LogP contribution in [-0.2, 0) is 0 Å². The van der Waals surface area contributed by atoms with Gasteiger partial charge < -0.3 is 10.6 Å². The highest BCUT2D eigenvalue weighted by atomic mass is 15.1. The third kappa shape index (κ3) is 2.64. The summed E-state index contributed by atoms with van der Waals surface area (Å²) in [6, 6.07) is 7.83. The number of anilines is 1. The normalized spacial score (nSPS) is 29.8. The number of fused-ring (bicyclic) bond motifs is 1. The van der Waals surface area contributed by atoms with E-state index in [0.29, 0.717) is 6.04 Å². The van der Waals surface area contributed by atoms with Crippen molar-refractivity contribution in [3.8, 4) is 0 Å². The van der Waals surface area contributed by atoms with Crippen LogP contribution in [0.1, 0.15) is 38.5 Å². The number of nitrogens with one attached hydrogen (secondary N) is 3. The first kappa shape index (κ1) is 13.1. The Hall–Kier alpha value is -1.55. The van der Waals surface area contributed by atoms with Crippen molar-refractivity contribution in [2.75, 3.05) is 11.9 Å². The highest BCUT2D eigenvalue weighted by Crippen LogP contribution is 2.34. The third-order valence-corrected chi connectivity index (χ3v) is 5.23. The second-order valence-electron chi connectivity index (χ2n) is 6.57. The first-order valence-electron chi connectivity index (χ1n) is 8.33. The molecule has 1 aromatic carbocycles. The lowest BCUT2D eigenvalue weighted by atomic mass is 9.88. The van der Waals surface area contributed by atoms with Crippen LogP contribution in [0, 0.1) is 5.92 Å². The van der Waals surface area contributed by atoms with E-state index in [-0.39, 0.29) is 0 Å². The van der Waals surface area contributed by atoms with Gasteiger partial charge in [-0.3, -0.25) is 5.10 Å². The van der Waals surface area contributed by atoms with E-state index in [1.54, 1.807) is 0 Å². The van der Waals surface area contributed by atoms with Gasteiger partial charge >= 0.3 is 0 Å². The summed E-state index contributed by atoms with van der Waals surface area (Å²) < 4.78 is 0. The number of hydrogen-bond donors (Lipinski definition) is 3. The second kappa shape index (κ2) is 5.68. The zero-order valence-corrected chi connectivity index (χ0v) is 12.4. The molecule has 4 nitrogen and oxygen atoms in total. The summed E-state index contributed by atoms with van der Waals surface area (Å²) in [5.74, 6) is 0.783. The minimum absolute atomic E-state index is 0.616. The van der Waals surface area contributed by atoms with Crippen LogP contribution in [0.4, 0.5) is 5.69 Å². The van der Waals surface area contributed by atoms with Crippen molar-refractivity contribution < 1.29 is 0 Å². The van der Waals surface area contributed by atoms with Crippen LogP contribution >= 0.6 is 0 Å². The largest absolute Gasteiger partial charge is 0.382 e. The van der Waals surface area contributed by atoms with Crippen LogP contribution in [0.15, 0.2) is 24.4 Å². The molecule has 0 radical (unpaired) electrons. The molecule has 3 atom stereocenters. The zero-order valence-electron chi connectivity index (χ0n) is 12.4. The maximum atomic E-state index is 4.10. The second-order valence-corrected chi connectivity index (χ2v) is 6.57.